The van der Waals surface area contributed by atoms with Gasteiger partial charge in [-0.05, 0) is 25.5 Å². The monoisotopic (exact) mass is 396 g/mol. The minimum atomic E-state index is -3.06. The number of sulfone groups is 1. The lowest BCUT2D eigenvalue weighted by Crippen LogP contribution is -2.33. The Bertz CT molecular complexity index is 998. The molecule has 0 radical (unpaired) electrons. The van der Waals surface area contributed by atoms with E-state index in [1.807, 2.05) is 0 Å². The smallest absolute Gasteiger partial charge is 0.274 e. The predicted octanol–water partition coefficient (Wildman–Crippen LogP) is 1.94. The van der Waals surface area contributed by atoms with Crippen LogP contribution < -0.4 is 10.2 Å². The first-order valence-corrected chi connectivity index (χ1v) is 10.0. The van der Waals surface area contributed by atoms with E-state index in [1.54, 1.807) is 18.9 Å². The SMILES string of the molecule is Cc1nc(C(=O)Nc2ccc(F)c(F)c2)cc(N(C)C2CCS(=O)(=O)C2)n1. The van der Waals surface area contributed by atoms with Crippen molar-refractivity contribution < 1.29 is 22.0 Å². The molecule has 27 heavy (non-hydrogen) atoms. The molecule has 1 aromatic carbocycles. The van der Waals surface area contributed by atoms with E-state index in [0.29, 0.717) is 18.1 Å². The van der Waals surface area contributed by atoms with Crippen LogP contribution in [0.15, 0.2) is 24.3 Å². The fourth-order valence-corrected chi connectivity index (χ4v) is 4.66. The number of aromatic nitrogens is 2. The summed E-state index contributed by atoms with van der Waals surface area (Å²) in [5.41, 5.74) is 0.127. The molecule has 7 nitrogen and oxygen atoms in total. The van der Waals surface area contributed by atoms with Gasteiger partial charge in [-0.25, -0.2) is 27.2 Å². The second-order valence-corrected chi connectivity index (χ2v) is 8.64. The highest BCUT2D eigenvalue weighted by molar-refractivity contribution is 7.91. The lowest BCUT2D eigenvalue weighted by molar-refractivity contribution is 0.102. The van der Waals surface area contributed by atoms with Gasteiger partial charge in [0.1, 0.15) is 17.3 Å². The van der Waals surface area contributed by atoms with Crippen molar-refractivity contribution in [2.45, 2.75) is 19.4 Å². The highest BCUT2D eigenvalue weighted by Gasteiger charge is 2.31. The number of amides is 1. The fourth-order valence-electron chi connectivity index (χ4n) is 2.89. The second kappa shape index (κ2) is 7.18. The van der Waals surface area contributed by atoms with Crippen LogP contribution in [0.2, 0.25) is 0 Å². The van der Waals surface area contributed by atoms with Crippen LogP contribution in [0.25, 0.3) is 0 Å². The highest BCUT2D eigenvalue weighted by atomic mass is 32.2. The van der Waals surface area contributed by atoms with Crippen LogP contribution in [-0.4, -0.2) is 48.9 Å². The molecule has 1 aromatic heterocycles. The number of hydrogen-bond acceptors (Lipinski definition) is 6. The molecule has 2 heterocycles. The predicted molar refractivity (Wildman–Crippen MR) is 96.5 cm³/mol. The highest BCUT2D eigenvalue weighted by Crippen LogP contribution is 2.22. The van der Waals surface area contributed by atoms with Gasteiger partial charge in [0.25, 0.3) is 5.91 Å². The Morgan fingerprint density at radius 1 is 1.22 bits per heavy atom. The van der Waals surface area contributed by atoms with Gasteiger partial charge < -0.3 is 10.2 Å². The molecule has 10 heteroatoms. The number of benzene rings is 1. The number of rotatable bonds is 4. The molecule has 1 N–H and O–H groups in total. The summed E-state index contributed by atoms with van der Waals surface area (Å²) in [6, 6.07) is 4.23. The largest absolute Gasteiger partial charge is 0.356 e. The maximum Gasteiger partial charge on any atom is 0.274 e. The van der Waals surface area contributed by atoms with Gasteiger partial charge in [-0.2, -0.15) is 0 Å². The van der Waals surface area contributed by atoms with Gasteiger partial charge in [-0.3, -0.25) is 4.79 Å². The molecule has 3 rings (SSSR count). The Balaban J connectivity index is 1.82. The van der Waals surface area contributed by atoms with E-state index in [4.69, 9.17) is 0 Å². The Labute approximate surface area is 155 Å². The van der Waals surface area contributed by atoms with Crippen molar-refractivity contribution in [2.75, 3.05) is 28.8 Å². The maximum atomic E-state index is 13.3. The zero-order valence-corrected chi connectivity index (χ0v) is 15.6. The third kappa shape index (κ3) is 4.38. The molecule has 1 saturated heterocycles. The zero-order valence-electron chi connectivity index (χ0n) is 14.7. The molecular weight excluding hydrogens is 378 g/mol. The number of carbonyl (C=O) groups is 1. The van der Waals surface area contributed by atoms with Crippen molar-refractivity contribution in [3.05, 3.63) is 47.4 Å². The normalized spacial score (nSPS) is 18.3. The topological polar surface area (TPSA) is 92.3 Å². The first-order valence-electron chi connectivity index (χ1n) is 8.20. The van der Waals surface area contributed by atoms with Gasteiger partial charge in [-0.15, -0.1) is 0 Å². The summed E-state index contributed by atoms with van der Waals surface area (Å²) < 4.78 is 49.7. The van der Waals surface area contributed by atoms with Crippen molar-refractivity contribution in [1.82, 2.24) is 9.97 Å². The summed E-state index contributed by atoms with van der Waals surface area (Å²) in [6.45, 7) is 1.61. The van der Waals surface area contributed by atoms with Crippen LogP contribution >= 0.6 is 0 Å². The number of carbonyl (C=O) groups excluding carboxylic acids is 1. The van der Waals surface area contributed by atoms with Crippen LogP contribution in [0.1, 0.15) is 22.7 Å². The number of nitrogens with one attached hydrogen (secondary N) is 1. The minimum Gasteiger partial charge on any atom is -0.356 e. The summed E-state index contributed by atoms with van der Waals surface area (Å²) >= 11 is 0. The minimum absolute atomic E-state index is 0.0307. The molecule has 0 saturated carbocycles. The van der Waals surface area contributed by atoms with E-state index in [-0.39, 0.29) is 28.9 Å². The molecule has 1 aliphatic rings. The van der Waals surface area contributed by atoms with Gasteiger partial charge in [-0.1, -0.05) is 0 Å². The summed E-state index contributed by atoms with van der Waals surface area (Å²) in [5.74, 6) is -1.80. The third-order valence-electron chi connectivity index (χ3n) is 4.35. The number of anilines is 2. The summed E-state index contributed by atoms with van der Waals surface area (Å²) in [5, 5.41) is 2.45. The molecule has 1 fully saturated rings. The molecule has 0 aliphatic carbocycles. The number of aryl methyl sites for hydroxylation is 1. The quantitative estimate of drug-likeness (QED) is 0.849. The van der Waals surface area contributed by atoms with Gasteiger partial charge in [0.15, 0.2) is 21.5 Å². The summed E-state index contributed by atoms with van der Waals surface area (Å²) in [4.78, 5) is 22.5. The molecule has 2 aromatic rings. The number of nitrogens with zero attached hydrogens (tertiary/aromatic N) is 3. The number of halogens is 2. The average molecular weight is 396 g/mol. The molecular formula is C17H18F2N4O3S. The Hall–Kier alpha value is -2.62. The van der Waals surface area contributed by atoms with Crippen LogP contribution in [0.5, 0.6) is 0 Å². The average Bonchev–Trinajstić information content (AvgIpc) is 2.97. The second-order valence-electron chi connectivity index (χ2n) is 6.41. The van der Waals surface area contributed by atoms with Gasteiger partial charge in [0.05, 0.1) is 11.5 Å². The van der Waals surface area contributed by atoms with Gasteiger partial charge in [0.2, 0.25) is 0 Å². The van der Waals surface area contributed by atoms with E-state index in [0.717, 1.165) is 12.1 Å². The van der Waals surface area contributed by atoms with E-state index in [1.165, 1.54) is 12.1 Å². The molecule has 0 spiro atoms. The van der Waals surface area contributed by atoms with Crippen molar-refractivity contribution in [1.29, 1.82) is 0 Å². The Morgan fingerprint density at radius 3 is 2.59 bits per heavy atom. The van der Waals surface area contributed by atoms with Crippen molar-refractivity contribution in [3.63, 3.8) is 0 Å². The zero-order chi connectivity index (χ0) is 19.8. The molecule has 0 bridgehead atoms. The molecule has 1 atom stereocenters. The van der Waals surface area contributed by atoms with Crippen LogP contribution in [-0.2, 0) is 9.84 Å². The first kappa shape index (κ1) is 19.2. The third-order valence-corrected chi connectivity index (χ3v) is 6.10. The molecule has 144 valence electrons. The van der Waals surface area contributed by atoms with Crippen LogP contribution in [0.3, 0.4) is 0 Å². The number of hydrogen-bond donors (Lipinski definition) is 1. The Kier molecular flexibility index (Phi) is 5.09. The summed E-state index contributed by atoms with van der Waals surface area (Å²) in [7, 11) is -1.35. The van der Waals surface area contributed by atoms with Crippen LogP contribution in [0.4, 0.5) is 20.3 Å². The lowest BCUT2D eigenvalue weighted by Gasteiger charge is -2.25. The Morgan fingerprint density at radius 2 is 1.96 bits per heavy atom. The van der Waals surface area contributed by atoms with E-state index >= 15 is 0 Å². The standard InChI is InChI=1S/C17H18F2N4O3S/c1-10-20-15(17(24)22-11-3-4-13(18)14(19)7-11)8-16(21-10)23(2)12-5-6-27(25,26)9-12/h3-4,7-8,12H,5-6,9H2,1-2H3,(H,22,24). The molecule has 1 amide bonds. The van der Waals surface area contributed by atoms with Gasteiger partial charge >= 0.3 is 0 Å². The van der Waals surface area contributed by atoms with Crippen molar-refractivity contribution in [2.24, 2.45) is 0 Å². The van der Waals surface area contributed by atoms with Crippen LogP contribution in [0, 0.1) is 18.6 Å². The van der Waals surface area contributed by atoms with Gasteiger partial charge in [0, 0.05) is 30.9 Å². The summed E-state index contributed by atoms with van der Waals surface area (Å²) in [6.07, 6.45) is 0.484. The van der Waals surface area contributed by atoms with E-state index in [2.05, 4.69) is 15.3 Å². The lowest BCUT2D eigenvalue weighted by atomic mass is 10.2. The van der Waals surface area contributed by atoms with Crippen molar-refractivity contribution in [3.8, 4) is 0 Å². The van der Waals surface area contributed by atoms with E-state index < -0.39 is 27.4 Å². The molecule has 1 unspecified atom stereocenters. The molecule has 1 aliphatic heterocycles. The first-order chi connectivity index (χ1) is 12.6. The maximum absolute atomic E-state index is 13.3. The van der Waals surface area contributed by atoms with E-state index in [9.17, 15) is 22.0 Å². The fraction of sp³-hybridized carbons (Fsp3) is 0.353. The van der Waals surface area contributed by atoms with Crippen molar-refractivity contribution >= 4 is 27.2 Å².